The fraction of sp³-hybridized carbons (Fsp3) is 0.222. The van der Waals surface area contributed by atoms with E-state index in [0.29, 0.717) is 6.42 Å². The summed E-state index contributed by atoms with van der Waals surface area (Å²) in [6, 6.07) is 27.3. The van der Waals surface area contributed by atoms with Crippen LogP contribution in [0.15, 0.2) is 83.8 Å². The number of aryl methyl sites for hydroxylation is 1. The number of H-pyrrole nitrogens is 1. The summed E-state index contributed by atoms with van der Waals surface area (Å²) < 4.78 is 0. The van der Waals surface area contributed by atoms with Crippen LogP contribution in [0.3, 0.4) is 0 Å². The Hall–Kier alpha value is -2.98. The van der Waals surface area contributed by atoms with Crippen molar-refractivity contribution in [1.29, 1.82) is 0 Å². The largest absolute Gasteiger partial charge is 0.356 e. The summed E-state index contributed by atoms with van der Waals surface area (Å²) in [7, 11) is 0. The summed E-state index contributed by atoms with van der Waals surface area (Å²) >= 11 is 1.74. The maximum absolute atomic E-state index is 13.4. The maximum atomic E-state index is 13.4. The van der Waals surface area contributed by atoms with Gasteiger partial charge in [-0.1, -0.05) is 60.7 Å². The number of benzene rings is 3. The van der Waals surface area contributed by atoms with Crippen LogP contribution >= 0.6 is 11.8 Å². The first-order chi connectivity index (χ1) is 15.2. The SMILES string of the molecule is CSc1ccc([C@@H]2c3[nH]c4ccccc4c3CCN2C(=O)CCc2ccccc2)cc1. The zero-order chi connectivity index (χ0) is 21.2. The van der Waals surface area contributed by atoms with Crippen molar-refractivity contribution in [3.05, 3.63) is 101 Å². The van der Waals surface area contributed by atoms with Gasteiger partial charge < -0.3 is 9.88 Å². The molecule has 2 heterocycles. The molecule has 0 radical (unpaired) electrons. The van der Waals surface area contributed by atoms with Gasteiger partial charge in [-0.15, -0.1) is 11.8 Å². The number of aromatic nitrogens is 1. The number of hydrogen-bond donors (Lipinski definition) is 1. The molecule has 1 amide bonds. The Morgan fingerprint density at radius 2 is 1.74 bits per heavy atom. The van der Waals surface area contributed by atoms with Crippen molar-refractivity contribution < 1.29 is 4.79 Å². The molecule has 31 heavy (non-hydrogen) atoms. The first-order valence-electron chi connectivity index (χ1n) is 10.8. The van der Waals surface area contributed by atoms with Crippen molar-refractivity contribution in [2.24, 2.45) is 0 Å². The Kier molecular flexibility index (Phi) is 5.56. The fourth-order valence-corrected chi connectivity index (χ4v) is 5.09. The minimum absolute atomic E-state index is 0.0738. The number of carbonyl (C=O) groups is 1. The third-order valence-electron chi connectivity index (χ3n) is 6.26. The Morgan fingerprint density at radius 3 is 2.52 bits per heavy atom. The molecule has 1 aliphatic heterocycles. The van der Waals surface area contributed by atoms with Crippen molar-refractivity contribution in [3.8, 4) is 0 Å². The molecule has 1 aliphatic rings. The van der Waals surface area contributed by atoms with E-state index in [1.165, 1.54) is 27.0 Å². The molecule has 0 unspecified atom stereocenters. The van der Waals surface area contributed by atoms with E-state index in [1.807, 2.05) is 18.2 Å². The van der Waals surface area contributed by atoms with Crippen molar-refractivity contribution >= 4 is 28.6 Å². The zero-order valence-corrected chi connectivity index (χ0v) is 18.5. The van der Waals surface area contributed by atoms with Crippen LogP contribution < -0.4 is 0 Å². The standard InChI is InChI=1S/C27H26N2OS/c1-31-21-14-12-20(13-15-21)27-26-23(22-9-5-6-10-24(22)28-26)17-18-29(27)25(30)16-11-19-7-3-2-4-8-19/h2-10,12-15,27-28H,11,16-18H2,1H3/t27-/m1/s1. The van der Waals surface area contributed by atoms with Gasteiger partial charge in [0, 0.05) is 34.5 Å². The van der Waals surface area contributed by atoms with Gasteiger partial charge in [0.2, 0.25) is 5.91 Å². The van der Waals surface area contributed by atoms with Crippen molar-refractivity contribution in [3.63, 3.8) is 0 Å². The van der Waals surface area contributed by atoms with Gasteiger partial charge in [-0.3, -0.25) is 4.79 Å². The third-order valence-corrected chi connectivity index (χ3v) is 7.00. The number of rotatable bonds is 5. The Balaban J connectivity index is 1.51. The van der Waals surface area contributed by atoms with Crippen LogP contribution in [0.4, 0.5) is 0 Å². The molecule has 4 heteroatoms. The number of nitrogens with one attached hydrogen (secondary N) is 1. The number of aromatic amines is 1. The number of carbonyl (C=O) groups excluding carboxylic acids is 1. The van der Waals surface area contributed by atoms with Gasteiger partial charge in [-0.2, -0.15) is 0 Å². The maximum Gasteiger partial charge on any atom is 0.223 e. The molecule has 0 bridgehead atoms. The molecule has 0 saturated carbocycles. The smallest absolute Gasteiger partial charge is 0.223 e. The molecule has 1 N–H and O–H groups in total. The lowest BCUT2D eigenvalue weighted by molar-refractivity contribution is -0.133. The van der Waals surface area contributed by atoms with Gasteiger partial charge in [0.1, 0.15) is 0 Å². The number of para-hydroxylation sites is 1. The van der Waals surface area contributed by atoms with Crippen molar-refractivity contribution in [1.82, 2.24) is 9.88 Å². The van der Waals surface area contributed by atoms with Crippen molar-refractivity contribution in [2.75, 3.05) is 12.8 Å². The Morgan fingerprint density at radius 1 is 1.00 bits per heavy atom. The van der Waals surface area contributed by atoms with Gasteiger partial charge in [0.05, 0.1) is 6.04 Å². The van der Waals surface area contributed by atoms with Gasteiger partial charge in [0.15, 0.2) is 0 Å². The summed E-state index contributed by atoms with van der Waals surface area (Å²) in [5.74, 6) is 0.215. The van der Waals surface area contributed by atoms with E-state index in [2.05, 4.69) is 76.8 Å². The summed E-state index contributed by atoms with van der Waals surface area (Å²) in [6.45, 7) is 0.747. The summed E-state index contributed by atoms with van der Waals surface area (Å²) in [4.78, 5) is 20.4. The summed E-state index contributed by atoms with van der Waals surface area (Å²) in [5, 5.41) is 1.28. The van der Waals surface area contributed by atoms with Crippen LogP contribution in [0.5, 0.6) is 0 Å². The van der Waals surface area contributed by atoms with Gasteiger partial charge in [-0.05, 0) is 54.0 Å². The highest BCUT2D eigenvalue weighted by Gasteiger charge is 2.34. The first kappa shape index (κ1) is 20.0. The topological polar surface area (TPSA) is 36.1 Å². The fourth-order valence-electron chi connectivity index (χ4n) is 4.68. The minimum atomic E-state index is -0.0738. The second-order valence-electron chi connectivity index (χ2n) is 8.06. The molecule has 0 fully saturated rings. The molecule has 3 aromatic carbocycles. The second-order valence-corrected chi connectivity index (χ2v) is 8.94. The summed E-state index contributed by atoms with van der Waals surface area (Å²) in [5.41, 5.74) is 6.04. The van der Waals surface area contributed by atoms with E-state index < -0.39 is 0 Å². The average Bonchev–Trinajstić information content (AvgIpc) is 3.21. The van der Waals surface area contributed by atoms with Crippen LogP contribution in [0.2, 0.25) is 0 Å². The highest BCUT2D eigenvalue weighted by molar-refractivity contribution is 7.98. The van der Waals surface area contributed by atoms with Crippen LogP contribution in [0.25, 0.3) is 10.9 Å². The molecular weight excluding hydrogens is 400 g/mol. The molecule has 1 aromatic heterocycles. The molecule has 0 spiro atoms. The molecule has 5 rings (SSSR count). The summed E-state index contributed by atoms with van der Waals surface area (Å²) in [6.07, 6.45) is 4.27. The van der Waals surface area contributed by atoms with Crippen molar-refractivity contribution in [2.45, 2.75) is 30.2 Å². The van der Waals surface area contributed by atoms with E-state index in [0.717, 1.165) is 30.6 Å². The highest BCUT2D eigenvalue weighted by atomic mass is 32.2. The van der Waals surface area contributed by atoms with Crippen LogP contribution in [-0.4, -0.2) is 28.6 Å². The minimum Gasteiger partial charge on any atom is -0.356 e. The van der Waals surface area contributed by atoms with Crippen LogP contribution in [-0.2, 0) is 17.6 Å². The molecule has 156 valence electrons. The lowest BCUT2D eigenvalue weighted by Crippen LogP contribution is -2.40. The Labute approximate surface area is 187 Å². The van der Waals surface area contributed by atoms with E-state index in [9.17, 15) is 4.79 Å². The Bertz CT molecular complexity index is 1200. The number of thioether (sulfide) groups is 1. The normalized spacial score (nSPS) is 15.8. The monoisotopic (exact) mass is 426 g/mol. The van der Waals surface area contributed by atoms with Gasteiger partial charge in [0.25, 0.3) is 0 Å². The molecule has 1 atom stereocenters. The van der Waals surface area contributed by atoms with E-state index in [4.69, 9.17) is 0 Å². The second kappa shape index (κ2) is 8.64. The number of hydrogen-bond acceptors (Lipinski definition) is 2. The molecule has 3 nitrogen and oxygen atoms in total. The van der Waals surface area contributed by atoms with E-state index in [-0.39, 0.29) is 11.9 Å². The lowest BCUT2D eigenvalue weighted by Gasteiger charge is -2.36. The van der Waals surface area contributed by atoms with E-state index >= 15 is 0 Å². The van der Waals surface area contributed by atoms with Crippen LogP contribution in [0.1, 0.15) is 34.8 Å². The third kappa shape index (κ3) is 3.88. The first-order valence-corrected chi connectivity index (χ1v) is 12.0. The van der Waals surface area contributed by atoms with Crippen LogP contribution in [0, 0.1) is 0 Å². The predicted octanol–water partition coefficient (Wildman–Crippen LogP) is 6.00. The molecular formula is C27H26N2OS. The number of fused-ring (bicyclic) bond motifs is 3. The zero-order valence-electron chi connectivity index (χ0n) is 17.7. The average molecular weight is 427 g/mol. The number of amides is 1. The number of nitrogens with zero attached hydrogens (tertiary/aromatic N) is 1. The van der Waals surface area contributed by atoms with Gasteiger partial charge >= 0.3 is 0 Å². The quantitative estimate of drug-likeness (QED) is 0.398. The predicted molar refractivity (Wildman–Crippen MR) is 129 cm³/mol. The molecule has 0 saturated heterocycles. The van der Waals surface area contributed by atoms with E-state index in [1.54, 1.807) is 11.8 Å². The highest BCUT2D eigenvalue weighted by Crippen LogP contribution is 2.39. The lowest BCUT2D eigenvalue weighted by atomic mass is 9.92. The van der Waals surface area contributed by atoms with Gasteiger partial charge in [-0.25, -0.2) is 0 Å². The molecule has 4 aromatic rings. The molecule has 0 aliphatic carbocycles.